The summed E-state index contributed by atoms with van der Waals surface area (Å²) in [5.41, 5.74) is 1.22. The number of esters is 1. The van der Waals surface area contributed by atoms with Crippen LogP contribution in [-0.4, -0.2) is 41.9 Å². The first-order chi connectivity index (χ1) is 14.0. The first-order valence-corrected chi connectivity index (χ1v) is 9.10. The number of hydrogen-bond donors (Lipinski definition) is 1. The molecule has 0 radical (unpaired) electrons. The van der Waals surface area contributed by atoms with Crippen molar-refractivity contribution < 1.29 is 28.8 Å². The van der Waals surface area contributed by atoms with Crippen molar-refractivity contribution in [2.45, 2.75) is 19.4 Å². The fourth-order valence-corrected chi connectivity index (χ4v) is 2.97. The third-order valence-electron chi connectivity index (χ3n) is 4.31. The third-order valence-corrected chi connectivity index (χ3v) is 4.31. The summed E-state index contributed by atoms with van der Waals surface area (Å²) in [5, 5.41) is 3.00. The fourth-order valence-electron chi connectivity index (χ4n) is 2.97. The number of carbonyl (C=O) groups is 4. The molecule has 2 aromatic carbocycles. The molecule has 0 aliphatic carbocycles. The maximum absolute atomic E-state index is 12.9. The van der Waals surface area contributed by atoms with Crippen molar-refractivity contribution in [3.8, 4) is 0 Å². The molecule has 1 aliphatic rings. The van der Waals surface area contributed by atoms with Crippen LogP contribution in [0, 0.1) is 0 Å². The molecule has 3 amide bonds. The Morgan fingerprint density at radius 3 is 2.45 bits per heavy atom. The van der Waals surface area contributed by atoms with Gasteiger partial charge in [0.05, 0.1) is 6.61 Å². The molecule has 0 fully saturated rings. The van der Waals surface area contributed by atoms with Gasteiger partial charge in [0, 0.05) is 5.56 Å². The minimum atomic E-state index is -1.31. The van der Waals surface area contributed by atoms with Gasteiger partial charge < -0.3 is 10.1 Å². The Labute approximate surface area is 167 Å². The van der Waals surface area contributed by atoms with Gasteiger partial charge in [-0.15, -0.1) is 5.06 Å². The smallest absolute Gasteiger partial charge is 0.325 e. The highest BCUT2D eigenvalue weighted by Gasteiger charge is 2.43. The van der Waals surface area contributed by atoms with E-state index in [9.17, 15) is 19.2 Å². The fraction of sp³-hybridized carbons (Fsp3) is 0.238. The molecule has 1 N–H and O–H groups in total. The van der Waals surface area contributed by atoms with Crippen LogP contribution in [0.15, 0.2) is 54.6 Å². The third kappa shape index (κ3) is 4.49. The molecular weight excluding hydrogens is 376 g/mol. The zero-order valence-corrected chi connectivity index (χ0v) is 15.8. The molecule has 1 aliphatic heterocycles. The molecule has 3 rings (SSSR count). The summed E-state index contributed by atoms with van der Waals surface area (Å²) in [4.78, 5) is 55.3. The number of nitrogens with one attached hydrogen (secondary N) is 1. The maximum Gasteiger partial charge on any atom is 0.325 e. The van der Waals surface area contributed by atoms with Gasteiger partial charge in [-0.1, -0.05) is 48.5 Å². The van der Waals surface area contributed by atoms with E-state index in [0.29, 0.717) is 5.06 Å². The quantitative estimate of drug-likeness (QED) is 0.433. The summed E-state index contributed by atoms with van der Waals surface area (Å²) in [6.45, 7) is 1.43. The van der Waals surface area contributed by atoms with Gasteiger partial charge in [0.2, 0.25) is 5.91 Å². The van der Waals surface area contributed by atoms with E-state index >= 15 is 0 Å². The van der Waals surface area contributed by atoms with Crippen molar-refractivity contribution in [2.75, 3.05) is 13.2 Å². The van der Waals surface area contributed by atoms with Gasteiger partial charge in [0.1, 0.15) is 19.1 Å². The lowest BCUT2D eigenvalue weighted by Crippen LogP contribution is -2.49. The second-order valence-corrected chi connectivity index (χ2v) is 6.24. The van der Waals surface area contributed by atoms with E-state index in [2.05, 4.69) is 5.32 Å². The van der Waals surface area contributed by atoms with E-state index in [4.69, 9.17) is 9.57 Å². The Morgan fingerprint density at radius 1 is 1.03 bits per heavy atom. The van der Waals surface area contributed by atoms with E-state index in [-0.39, 0.29) is 30.9 Å². The summed E-state index contributed by atoms with van der Waals surface area (Å²) in [5.74, 6) is -4.10. The van der Waals surface area contributed by atoms with Gasteiger partial charge in [-0.25, -0.2) is 0 Å². The molecule has 2 aromatic rings. The van der Waals surface area contributed by atoms with Crippen LogP contribution in [0.4, 0.5) is 0 Å². The van der Waals surface area contributed by atoms with Crippen LogP contribution in [0.1, 0.15) is 34.3 Å². The molecular formula is C21H20N2O6. The van der Waals surface area contributed by atoms with E-state index in [0.717, 1.165) is 5.56 Å². The summed E-state index contributed by atoms with van der Waals surface area (Å²) >= 11 is 0. The molecule has 1 atom stereocenters. The Morgan fingerprint density at radius 2 is 1.72 bits per heavy atom. The molecule has 0 spiro atoms. The second-order valence-electron chi connectivity index (χ2n) is 6.24. The number of benzene rings is 2. The van der Waals surface area contributed by atoms with Crippen LogP contribution < -0.4 is 5.32 Å². The van der Waals surface area contributed by atoms with Crippen LogP contribution in [0.2, 0.25) is 0 Å². The number of hydroxylamine groups is 2. The van der Waals surface area contributed by atoms with E-state index in [1.54, 1.807) is 43.3 Å². The first kappa shape index (κ1) is 20.2. The number of nitrogens with zero attached hydrogens (tertiary/aromatic N) is 1. The zero-order chi connectivity index (χ0) is 20.8. The SMILES string of the molecule is CCOC(=O)CNC(=O)C1C(=O)N(OCc2ccccc2)C(=O)c2ccccc21. The topological polar surface area (TPSA) is 102 Å². The molecule has 0 bridgehead atoms. The van der Waals surface area contributed by atoms with Crippen LogP contribution in [-0.2, 0) is 30.6 Å². The number of fused-ring (bicyclic) bond motifs is 1. The average molecular weight is 396 g/mol. The molecule has 8 heteroatoms. The molecule has 0 aromatic heterocycles. The standard InChI is InChI=1S/C21H20N2O6/c1-2-28-17(24)12-22-19(25)18-15-10-6-7-11-16(15)20(26)23(21(18)27)29-13-14-8-4-3-5-9-14/h3-11,18H,2,12-13H2,1H3,(H,22,25). The first-order valence-electron chi connectivity index (χ1n) is 9.10. The normalized spacial score (nSPS) is 15.6. The van der Waals surface area contributed by atoms with Gasteiger partial charge in [-0.05, 0) is 24.1 Å². The highest BCUT2D eigenvalue weighted by molar-refractivity contribution is 6.18. The Kier molecular flexibility index (Phi) is 6.36. The zero-order valence-electron chi connectivity index (χ0n) is 15.8. The lowest BCUT2D eigenvalue weighted by atomic mass is 9.88. The Bertz CT molecular complexity index is 928. The summed E-state index contributed by atoms with van der Waals surface area (Å²) < 4.78 is 4.77. The maximum atomic E-state index is 12.9. The highest BCUT2D eigenvalue weighted by Crippen LogP contribution is 2.30. The number of amides is 3. The number of carbonyl (C=O) groups excluding carboxylic acids is 4. The van der Waals surface area contributed by atoms with E-state index in [1.165, 1.54) is 12.1 Å². The van der Waals surface area contributed by atoms with E-state index in [1.807, 2.05) is 6.07 Å². The van der Waals surface area contributed by atoms with Gasteiger partial charge >= 0.3 is 5.97 Å². The van der Waals surface area contributed by atoms with Crippen molar-refractivity contribution in [3.63, 3.8) is 0 Å². The van der Waals surface area contributed by atoms with E-state index < -0.39 is 29.6 Å². The van der Waals surface area contributed by atoms with Crippen molar-refractivity contribution in [3.05, 3.63) is 71.3 Å². The van der Waals surface area contributed by atoms with Gasteiger partial charge in [-0.2, -0.15) is 0 Å². The number of ether oxygens (including phenoxy) is 1. The molecule has 0 saturated heterocycles. The monoisotopic (exact) mass is 396 g/mol. The van der Waals surface area contributed by atoms with Crippen molar-refractivity contribution in [1.82, 2.24) is 10.4 Å². The molecule has 8 nitrogen and oxygen atoms in total. The van der Waals surface area contributed by atoms with Crippen molar-refractivity contribution in [1.29, 1.82) is 0 Å². The molecule has 150 valence electrons. The van der Waals surface area contributed by atoms with Crippen molar-refractivity contribution in [2.24, 2.45) is 0 Å². The van der Waals surface area contributed by atoms with Crippen molar-refractivity contribution >= 4 is 23.7 Å². The summed E-state index contributed by atoms with van der Waals surface area (Å²) in [7, 11) is 0. The lowest BCUT2D eigenvalue weighted by Gasteiger charge is -2.30. The molecule has 0 saturated carbocycles. The Balaban J connectivity index is 1.82. The van der Waals surface area contributed by atoms with Gasteiger partial charge in [-0.3, -0.25) is 24.0 Å². The number of hydrogen-bond acceptors (Lipinski definition) is 6. The highest BCUT2D eigenvalue weighted by atomic mass is 16.7. The van der Waals surface area contributed by atoms with Crippen LogP contribution in [0.25, 0.3) is 0 Å². The number of imide groups is 1. The Hall–Kier alpha value is -3.52. The molecule has 1 unspecified atom stereocenters. The summed E-state index contributed by atoms with van der Waals surface area (Å²) in [6, 6.07) is 15.3. The molecule has 1 heterocycles. The van der Waals surface area contributed by atoms with Gasteiger partial charge in [0.25, 0.3) is 11.8 Å². The average Bonchev–Trinajstić information content (AvgIpc) is 2.73. The predicted molar refractivity (Wildman–Crippen MR) is 101 cm³/mol. The second kappa shape index (κ2) is 9.11. The predicted octanol–water partition coefficient (Wildman–Crippen LogP) is 1.56. The van der Waals surface area contributed by atoms with Crippen LogP contribution in [0.3, 0.4) is 0 Å². The minimum Gasteiger partial charge on any atom is -0.465 e. The summed E-state index contributed by atoms with van der Waals surface area (Å²) in [6.07, 6.45) is 0. The minimum absolute atomic E-state index is 0.0162. The largest absolute Gasteiger partial charge is 0.465 e. The van der Waals surface area contributed by atoms with Gasteiger partial charge in [0.15, 0.2) is 0 Å². The van der Waals surface area contributed by atoms with Crippen LogP contribution in [0.5, 0.6) is 0 Å². The molecule has 29 heavy (non-hydrogen) atoms. The lowest BCUT2D eigenvalue weighted by molar-refractivity contribution is -0.177. The number of rotatable bonds is 7. The van der Waals surface area contributed by atoms with Crippen LogP contribution >= 0.6 is 0 Å².